The van der Waals surface area contributed by atoms with Crippen LogP contribution in [0.2, 0.25) is 23.7 Å². The molecule has 0 bridgehead atoms. The summed E-state index contributed by atoms with van der Waals surface area (Å²) < 4.78 is 0. The molecule has 0 heterocycles. The van der Waals surface area contributed by atoms with Crippen LogP contribution in [0.3, 0.4) is 0 Å². The largest absolute Gasteiger partial charge is 0.103 e. The van der Waals surface area contributed by atoms with Crippen molar-refractivity contribution < 1.29 is 0 Å². The summed E-state index contributed by atoms with van der Waals surface area (Å²) in [5, 5.41) is 0. The summed E-state index contributed by atoms with van der Waals surface area (Å²) in [6.45, 7) is 26.2. The average Bonchev–Trinajstić information content (AvgIpc) is 3.55. The van der Waals surface area contributed by atoms with Gasteiger partial charge in [-0.05, 0) is 110 Å². The summed E-state index contributed by atoms with van der Waals surface area (Å²) in [6.07, 6.45) is 21.0. The summed E-state index contributed by atoms with van der Waals surface area (Å²) in [7, 11) is -1.80. The van der Waals surface area contributed by atoms with Crippen molar-refractivity contribution >= 4 is 19.2 Å². The molecule has 0 amide bonds. The van der Waals surface area contributed by atoms with Gasteiger partial charge < -0.3 is 0 Å². The van der Waals surface area contributed by atoms with E-state index in [2.05, 4.69) is 160 Å². The van der Waals surface area contributed by atoms with E-state index in [1.165, 1.54) is 41.1 Å². The Balaban J connectivity index is 1.31. The van der Waals surface area contributed by atoms with Crippen LogP contribution in [0.15, 0.2) is 97.6 Å². The van der Waals surface area contributed by atoms with E-state index in [1.807, 2.05) is 0 Å². The molecule has 2 aromatic carbocycles. The molecule has 0 saturated heterocycles. The average molecular weight is 629 g/mol. The molecule has 0 aromatic heterocycles. The van der Waals surface area contributed by atoms with Gasteiger partial charge in [-0.2, -0.15) is 0 Å². The number of hydrogen-bond donors (Lipinski definition) is 0. The molecule has 2 saturated carbocycles. The quantitative estimate of drug-likeness (QED) is 0.211. The lowest BCUT2D eigenvalue weighted by Crippen LogP contribution is -2.48. The minimum Gasteiger partial charge on any atom is -0.103 e. The molecule has 6 rings (SSSR count). The molecule has 244 valence electrons. The van der Waals surface area contributed by atoms with Gasteiger partial charge in [0.2, 0.25) is 0 Å². The van der Waals surface area contributed by atoms with Gasteiger partial charge in [0.1, 0.15) is 0 Å². The highest BCUT2D eigenvalue weighted by Crippen LogP contribution is 2.66. The molecular weight excluding hydrogens is 569 g/mol. The van der Waals surface area contributed by atoms with Crippen molar-refractivity contribution in [1.82, 2.24) is 0 Å². The lowest BCUT2D eigenvalue weighted by molar-refractivity contribution is 0.489. The van der Waals surface area contributed by atoms with Gasteiger partial charge >= 0.3 is 0 Å². The van der Waals surface area contributed by atoms with Gasteiger partial charge in [-0.1, -0.05) is 159 Å². The van der Waals surface area contributed by atoms with E-state index >= 15 is 0 Å². The molecule has 4 aliphatic rings. The third-order valence-corrected chi connectivity index (χ3v) is 19.2. The second-order valence-corrected chi connectivity index (χ2v) is 22.7. The second-order valence-electron chi connectivity index (χ2n) is 17.8. The van der Waals surface area contributed by atoms with Crippen LogP contribution in [0.5, 0.6) is 0 Å². The van der Waals surface area contributed by atoms with E-state index in [1.54, 1.807) is 11.1 Å². The van der Waals surface area contributed by atoms with Crippen LogP contribution in [0.1, 0.15) is 96.9 Å². The first-order valence-electron chi connectivity index (χ1n) is 18.3. The Labute approximate surface area is 282 Å². The normalized spacial score (nSPS) is 31.9. The first-order chi connectivity index (χ1) is 21.7. The smallest absolute Gasteiger partial charge is 0.0587 e. The van der Waals surface area contributed by atoms with E-state index in [0.29, 0.717) is 23.7 Å². The van der Waals surface area contributed by atoms with Crippen molar-refractivity contribution in [3.05, 3.63) is 120 Å². The van der Waals surface area contributed by atoms with Crippen molar-refractivity contribution in [2.24, 2.45) is 35.5 Å². The van der Waals surface area contributed by atoms with Gasteiger partial charge in [-0.3, -0.25) is 0 Å². The summed E-state index contributed by atoms with van der Waals surface area (Å²) in [6, 6.07) is 20.5. The van der Waals surface area contributed by atoms with Crippen molar-refractivity contribution in [3.63, 3.8) is 0 Å². The zero-order chi connectivity index (χ0) is 33.0. The van der Waals surface area contributed by atoms with Crippen LogP contribution in [0.4, 0.5) is 0 Å². The van der Waals surface area contributed by atoms with Crippen LogP contribution in [-0.2, 0) is 10.8 Å². The molecule has 0 nitrogen and oxygen atoms in total. The second kappa shape index (κ2) is 12.4. The highest BCUT2D eigenvalue weighted by molar-refractivity contribution is 6.82. The number of hydrogen-bond acceptors (Lipinski definition) is 0. The van der Waals surface area contributed by atoms with E-state index < -0.39 is 8.07 Å². The first kappa shape index (κ1) is 33.3. The fourth-order valence-electron chi connectivity index (χ4n) is 10.8. The molecule has 46 heavy (non-hydrogen) atoms. The maximum absolute atomic E-state index is 4.25. The Hall–Kier alpha value is -2.64. The fraction of sp³-hybridized carbons (Fsp3) is 0.511. The zero-order valence-electron chi connectivity index (χ0n) is 30.3. The first-order valence-corrected chi connectivity index (χ1v) is 21.2. The Bertz CT molecular complexity index is 1420. The van der Waals surface area contributed by atoms with Crippen molar-refractivity contribution in [2.45, 2.75) is 109 Å². The number of fused-ring (bicyclic) bond motifs is 2. The maximum atomic E-state index is 4.25. The van der Waals surface area contributed by atoms with Gasteiger partial charge in [0.05, 0.1) is 8.07 Å². The monoisotopic (exact) mass is 628 g/mol. The SMILES string of the molecule is C=CCC[Si](C)(C1C(C)C[C@@H]2C(c3ccc(C(C)(C)C)cc3)=CC=CC12)C1C(C)C[C@@H]2C(c3ccc(C(C)(C)C)cc3)=CC=CC12. The van der Waals surface area contributed by atoms with Gasteiger partial charge in [0.15, 0.2) is 0 Å². The zero-order valence-corrected chi connectivity index (χ0v) is 31.3. The van der Waals surface area contributed by atoms with E-state index in [4.69, 9.17) is 0 Å². The molecule has 0 spiro atoms. The van der Waals surface area contributed by atoms with Crippen LogP contribution in [-0.4, -0.2) is 8.07 Å². The maximum Gasteiger partial charge on any atom is 0.0587 e. The molecule has 6 unspecified atom stereocenters. The molecule has 1 heteroatoms. The predicted molar refractivity (Wildman–Crippen MR) is 205 cm³/mol. The summed E-state index contributed by atoms with van der Waals surface area (Å²) >= 11 is 0. The third-order valence-electron chi connectivity index (χ3n) is 12.8. The Morgan fingerprint density at radius 2 is 1.07 bits per heavy atom. The number of rotatable bonds is 7. The summed E-state index contributed by atoms with van der Waals surface area (Å²) in [5.41, 5.74) is 10.8. The lowest BCUT2D eigenvalue weighted by Gasteiger charge is -2.48. The third kappa shape index (κ3) is 5.95. The molecule has 8 atom stereocenters. The van der Waals surface area contributed by atoms with Gasteiger partial charge in [-0.15, -0.1) is 6.58 Å². The molecule has 0 aliphatic heterocycles. The standard InChI is InChI=1S/C45H60Si/c1-11-12-27-46(10,42-30(2)28-40-36(15-13-17-38(40)42)32-19-23-34(24-20-32)44(4,5)6)43-31(3)29-41-37(16-14-18-39(41)43)33-21-25-35(26-22-33)45(7,8)9/h11,13-26,30-31,38-43H,1,12,27-29H2,2-10H3/t30?,31?,38?,39?,40-,41-,42?,43?,46?/m1/s1. The van der Waals surface area contributed by atoms with Crippen LogP contribution >= 0.6 is 0 Å². The Morgan fingerprint density at radius 3 is 1.41 bits per heavy atom. The van der Waals surface area contributed by atoms with Crippen LogP contribution in [0.25, 0.3) is 11.1 Å². The highest BCUT2D eigenvalue weighted by Gasteiger charge is 2.59. The predicted octanol–water partition coefficient (Wildman–Crippen LogP) is 12.8. The van der Waals surface area contributed by atoms with Gasteiger partial charge in [0, 0.05) is 0 Å². The molecule has 4 aliphatic carbocycles. The van der Waals surface area contributed by atoms with Crippen molar-refractivity contribution in [2.75, 3.05) is 0 Å². The van der Waals surface area contributed by atoms with E-state index in [9.17, 15) is 0 Å². The van der Waals surface area contributed by atoms with Gasteiger partial charge in [-0.25, -0.2) is 0 Å². The fourth-order valence-corrected chi connectivity index (χ4v) is 18.0. The summed E-state index contributed by atoms with van der Waals surface area (Å²) in [5.74, 6) is 4.06. The molecular formula is C45H60Si. The van der Waals surface area contributed by atoms with Crippen LogP contribution in [0, 0.1) is 35.5 Å². The Morgan fingerprint density at radius 1 is 0.674 bits per heavy atom. The van der Waals surface area contributed by atoms with E-state index in [-0.39, 0.29) is 10.8 Å². The minimum atomic E-state index is -1.80. The molecule has 2 aromatic rings. The van der Waals surface area contributed by atoms with Gasteiger partial charge in [0.25, 0.3) is 0 Å². The summed E-state index contributed by atoms with van der Waals surface area (Å²) in [4.78, 5) is 0. The molecule has 0 N–H and O–H groups in total. The van der Waals surface area contributed by atoms with Crippen molar-refractivity contribution in [1.29, 1.82) is 0 Å². The number of benzene rings is 2. The van der Waals surface area contributed by atoms with Crippen molar-refractivity contribution in [3.8, 4) is 0 Å². The van der Waals surface area contributed by atoms with E-state index in [0.717, 1.165) is 29.3 Å². The minimum absolute atomic E-state index is 0.182. The number of allylic oxidation sites excluding steroid dienone is 9. The Kier molecular flexibility index (Phi) is 8.99. The van der Waals surface area contributed by atoms with Crippen LogP contribution < -0.4 is 0 Å². The molecule has 2 fully saturated rings. The lowest BCUT2D eigenvalue weighted by atomic mass is 9.80. The highest BCUT2D eigenvalue weighted by atomic mass is 28.3. The molecule has 0 radical (unpaired) electrons. The topological polar surface area (TPSA) is 0 Å².